The van der Waals surface area contributed by atoms with Crippen molar-refractivity contribution in [3.8, 4) is 0 Å². The van der Waals surface area contributed by atoms with E-state index in [0.29, 0.717) is 17.8 Å². The summed E-state index contributed by atoms with van der Waals surface area (Å²) >= 11 is 3.47. The Bertz CT molecular complexity index is 908. The van der Waals surface area contributed by atoms with Crippen molar-refractivity contribution in [2.75, 3.05) is 18.0 Å². The smallest absolute Gasteiger partial charge is 0.293 e. The summed E-state index contributed by atoms with van der Waals surface area (Å²) in [5, 5.41) is 11.6. The molecule has 146 valence electrons. The number of nitro groups is 1. The van der Waals surface area contributed by atoms with Gasteiger partial charge in [-0.05, 0) is 55.5 Å². The Morgan fingerprint density at radius 1 is 1.18 bits per heavy atom. The Balaban J connectivity index is 1.61. The van der Waals surface area contributed by atoms with E-state index in [1.54, 1.807) is 12.1 Å². The van der Waals surface area contributed by atoms with Crippen LogP contribution in [0.2, 0.25) is 0 Å². The second-order valence-electron chi connectivity index (χ2n) is 7.45. The lowest BCUT2D eigenvalue weighted by Gasteiger charge is -2.23. The van der Waals surface area contributed by atoms with Gasteiger partial charge in [0, 0.05) is 41.8 Å². The third-order valence-electron chi connectivity index (χ3n) is 5.36. The lowest BCUT2D eigenvalue weighted by molar-refractivity contribution is -0.384. The summed E-state index contributed by atoms with van der Waals surface area (Å²) in [4.78, 5) is 28.4. The van der Waals surface area contributed by atoms with Crippen LogP contribution >= 0.6 is 15.9 Å². The minimum Gasteiger partial charge on any atom is -0.366 e. The van der Waals surface area contributed by atoms with Crippen LogP contribution in [-0.4, -0.2) is 34.9 Å². The van der Waals surface area contributed by atoms with Crippen molar-refractivity contribution in [3.05, 3.63) is 68.2 Å². The quantitative estimate of drug-likeness (QED) is 0.476. The first-order chi connectivity index (χ1) is 13.5. The highest BCUT2D eigenvalue weighted by Crippen LogP contribution is 2.34. The molecule has 0 bridgehead atoms. The Kier molecular flexibility index (Phi) is 5.35. The van der Waals surface area contributed by atoms with Crippen LogP contribution in [0.15, 0.2) is 46.9 Å². The maximum Gasteiger partial charge on any atom is 0.293 e. The highest BCUT2D eigenvalue weighted by molar-refractivity contribution is 9.10. The molecule has 2 aromatic rings. The van der Waals surface area contributed by atoms with Gasteiger partial charge in [-0.3, -0.25) is 14.9 Å². The summed E-state index contributed by atoms with van der Waals surface area (Å²) in [7, 11) is 0. The first-order valence-corrected chi connectivity index (χ1v) is 10.4. The number of anilines is 1. The molecule has 1 saturated carbocycles. The molecule has 1 aliphatic heterocycles. The van der Waals surface area contributed by atoms with E-state index in [2.05, 4.69) is 15.9 Å². The second kappa shape index (κ2) is 7.91. The van der Waals surface area contributed by atoms with Gasteiger partial charge >= 0.3 is 0 Å². The van der Waals surface area contributed by atoms with Gasteiger partial charge in [0.2, 0.25) is 0 Å². The number of nitrogens with zero attached hydrogens (tertiary/aromatic N) is 3. The van der Waals surface area contributed by atoms with Gasteiger partial charge in [0.05, 0.1) is 4.92 Å². The molecule has 2 aromatic carbocycles. The number of halogens is 1. The van der Waals surface area contributed by atoms with Crippen LogP contribution < -0.4 is 4.90 Å². The molecule has 1 heterocycles. The Morgan fingerprint density at radius 3 is 2.57 bits per heavy atom. The molecule has 0 spiro atoms. The summed E-state index contributed by atoms with van der Waals surface area (Å²) in [5.74, 6) is -0.140. The molecule has 2 fully saturated rings. The number of amides is 1. The van der Waals surface area contributed by atoms with Gasteiger partial charge in [-0.25, -0.2) is 0 Å². The SMILES string of the molecule is O=C(c1ccc(N2CCCC2)c([N+](=O)[O-])c1)N(Cc1cccc(Br)c1)C1CC1. The number of carbonyl (C=O) groups excluding carboxylic acids is 1. The largest absolute Gasteiger partial charge is 0.366 e. The van der Waals surface area contributed by atoms with Crippen LogP contribution in [0.4, 0.5) is 11.4 Å². The molecular formula is C21H22BrN3O3. The summed E-state index contributed by atoms with van der Waals surface area (Å²) in [6.45, 7) is 2.15. The first kappa shape index (κ1) is 18.9. The van der Waals surface area contributed by atoms with E-state index >= 15 is 0 Å². The van der Waals surface area contributed by atoms with Crippen molar-refractivity contribution >= 4 is 33.2 Å². The van der Waals surface area contributed by atoms with Crippen molar-refractivity contribution in [2.45, 2.75) is 38.3 Å². The van der Waals surface area contributed by atoms with Crippen molar-refractivity contribution < 1.29 is 9.72 Å². The van der Waals surface area contributed by atoms with Gasteiger partial charge in [-0.2, -0.15) is 0 Å². The van der Waals surface area contributed by atoms with E-state index in [9.17, 15) is 14.9 Å². The van der Waals surface area contributed by atoms with Crippen LogP contribution in [0, 0.1) is 10.1 Å². The first-order valence-electron chi connectivity index (χ1n) is 9.62. The van der Waals surface area contributed by atoms with Gasteiger partial charge in [-0.1, -0.05) is 28.1 Å². The van der Waals surface area contributed by atoms with Gasteiger partial charge < -0.3 is 9.80 Å². The lowest BCUT2D eigenvalue weighted by atomic mass is 10.1. The van der Waals surface area contributed by atoms with Crippen molar-refractivity contribution in [2.24, 2.45) is 0 Å². The van der Waals surface area contributed by atoms with Crippen molar-refractivity contribution in [3.63, 3.8) is 0 Å². The number of nitro benzene ring substituents is 1. The molecule has 0 aromatic heterocycles. The normalized spacial score (nSPS) is 16.2. The fraction of sp³-hybridized carbons (Fsp3) is 0.381. The van der Waals surface area contributed by atoms with Gasteiger partial charge in [0.15, 0.2) is 0 Å². The minimum absolute atomic E-state index is 0.0194. The fourth-order valence-corrected chi connectivity index (χ4v) is 4.23. The second-order valence-corrected chi connectivity index (χ2v) is 8.36. The molecule has 2 aliphatic rings. The Labute approximate surface area is 172 Å². The molecule has 7 heteroatoms. The van der Waals surface area contributed by atoms with Gasteiger partial charge in [0.1, 0.15) is 5.69 Å². The van der Waals surface area contributed by atoms with E-state index in [0.717, 1.165) is 48.8 Å². The highest BCUT2D eigenvalue weighted by Gasteiger charge is 2.34. The minimum atomic E-state index is -0.375. The lowest BCUT2D eigenvalue weighted by Crippen LogP contribution is -2.32. The highest BCUT2D eigenvalue weighted by atomic mass is 79.9. The van der Waals surface area contributed by atoms with Crippen molar-refractivity contribution in [1.29, 1.82) is 0 Å². The van der Waals surface area contributed by atoms with Gasteiger partial charge in [-0.15, -0.1) is 0 Å². The third kappa shape index (κ3) is 4.04. The maximum absolute atomic E-state index is 13.2. The summed E-state index contributed by atoms with van der Waals surface area (Å²) in [5.41, 5.74) is 2.06. The average molecular weight is 444 g/mol. The molecule has 6 nitrogen and oxygen atoms in total. The zero-order valence-electron chi connectivity index (χ0n) is 15.5. The third-order valence-corrected chi connectivity index (χ3v) is 5.85. The molecule has 0 unspecified atom stereocenters. The summed E-state index contributed by atoms with van der Waals surface area (Å²) in [6.07, 6.45) is 4.04. The van der Waals surface area contributed by atoms with E-state index in [4.69, 9.17) is 0 Å². The van der Waals surface area contributed by atoms with E-state index in [-0.39, 0.29) is 22.6 Å². The van der Waals surface area contributed by atoms with Gasteiger partial charge in [0.25, 0.3) is 11.6 Å². The molecule has 0 N–H and O–H groups in total. The molecule has 1 amide bonds. The molecule has 0 atom stereocenters. The summed E-state index contributed by atoms with van der Waals surface area (Å²) < 4.78 is 0.971. The molecule has 1 saturated heterocycles. The molecule has 4 rings (SSSR count). The molecular weight excluding hydrogens is 422 g/mol. The number of carbonyl (C=O) groups is 1. The molecule has 0 radical (unpaired) electrons. The number of rotatable bonds is 6. The van der Waals surface area contributed by atoms with Crippen LogP contribution in [0.5, 0.6) is 0 Å². The molecule has 28 heavy (non-hydrogen) atoms. The number of benzene rings is 2. The molecule has 1 aliphatic carbocycles. The van der Waals surface area contributed by atoms with Crippen LogP contribution in [0.3, 0.4) is 0 Å². The van der Waals surface area contributed by atoms with Crippen LogP contribution in [0.25, 0.3) is 0 Å². The topological polar surface area (TPSA) is 66.7 Å². The summed E-state index contributed by atoms with van der Waals surface area (Å²) in [6, 6.07) is 13.0. The fourth-order valence-electron chi connectivity index (χ4n) is 3.78. The number of hydrogen-bond donors (Lipinski definition) is 0. The van der Waals surface area contributed by atoms with E-state index in [1.165, 1.54) is 6.07 Å². The van der Waals surface area contributed by atoms with E-state index < -0.39 is 0 Å². The monoisotopic (exact) mass is 443 g/mol. The Morgan fingerprint density at radius 2 is 1.93 bits per heavy atom. The zero-order valence-corrected chi connectivity index (χ0v) is 17.1. The average Bonchev–Trinajstić information content (AvgIpc) is 3.38. The van der Waals surface area contributed by atoms with Crippen LogP contribution in [0.1, 0.15) is 41.6 Å². The zero-order chi connectivity index (χ0) is 19.7. The maximum atomic E-state index is 13.2. The number of hydrogen-bond acceptors (Lipinski definition) is 4. The predicted octanol–water partition coefficient (Wildman–Crippen LogP) is 4.76. The van der Waals surface area contributed by atoms with Crippen LogP contribution in [-0.2, 0) is 6.54 Å². The predicted molar refractivity (Wildman–Crippen MR) is 112 cm³/mol. The van der Waals surface area contributed by atoms with Crippen molar-refractivity contribution in [1.82, 2.24) is 4.90 Å². The Hall–Kier alpha value is -2.41. The van der Waals surface area contributed by atoms with E-state index in [1.807, 2.05) is 34.1 Å². The standard InChI is InChI=1S/C21H22BrN3O3/c22-17-5-3-4-15(12-17)14-24(18-7-8-18)21(26)16-6-9-19(20(13-16)25(27)28)23-10-1-2-11-23/h3-6,9,12-13,18H,1-2,7-8,10-11,14H2.